The van der Waals surface area contributed by atoms with Crippen LogP contribution in [0.5, 0.6) is 11.6 Å². The maximum Gasteiger partial charge on any atom is 0.224 e. The summed E-state index contributed by atoms with van der Waals surface area (Å²) in [6, 6.07) is 6.26. The number of anilines is 1. The minimum Gasteiger partial charge on any atom is -0.439 e. The van der Waals surface area contributed by atoms with Gasteiger partial charge in [-0.25, -0.2) is 14.4 Å². The number of aromatic nitrogens is 2. The molecule has 0 bridgehead atoms. The zero-order chi connectivity index (χ0) is 13.9. The third-order valence-electron chi connectivity index (χ3n) is 3.41. The molecule has 2 heterocycles. The van der Waals surface area contributed by atoms with Gasteiger partial charge in [-0.2, -0.15) is 0 Å². The van der Waals surface area contributed by atoms with Crippen LogP contribution in [0.25, 0.3) is 0 Å². The molecule has 1 saturated heterocycles. The standard InChI is InChI=1S/C15H16FN3O/c1-11-8-12(16)4-5-13(11)20-15-9-14(17-10-18-15)19-6-2-3-7-19/h4-5,8-10H,2-3,6-7H2,1H3. The van der Waals surface area contributed by atoms with Gasteiger partial charge in [-0.3, -0.25) is 0 Å². The molecular weight excluding hydrogens is 257 g/mol. The second-order valence-electron chi connectivity index (χ2n) is 4.92. The highest BCUT2D eigenvalue weighted by molar-refractivity contribution is 5.43. The summed E-state index contributed by atoms with van der Waals surface area (Å²) in [5.74, 6) is 1.71. The van der Waals surface area contributed by atoms with E-state index < -0.39 is 0 Å². The molecule has 104 valence electrons. The molecule has 4 nitrogen and oxygen atoms in total. The summed E-state index contributed by atoms with van der Waals surface area (Å²) < 4.78 is 18.8. The van der Waals surface area contributed by atoms with E-state index in [1.165, 1.54) is 31.3 Å². The molecule has 1 aromatic heterocycles. The Morgan fingerprint density at radius 1 is 1.15 bits per heavy atom. The van der Waals surface area contributed by atoms with Crippen LogP contribution in [0.3, 0.4) is 0 Å². The number of benzene rings is 1. The topological polar surface area (TPSA) is 38.2 Å². The summed E-state index contributed by atoms with van der Waals surface area (Å²) in [7, 11) is 0. The lowest BCUT2D eigenvalue weighted by Gasteiger charge is -2.16. The van der Waals surface area contributed by atoms with Gasteiger partial charge >= 0.3 is 0 Å². The van der Waals surface area contributed by atoms with Crippen molar-refractivity contribution in [1.29, 1.82) is 0 Å². The molecule has 0 N–H and O–H groups in total. The van der Waals surface area contributed by atoms with Gasteiger partial charge in [-0.15, -0.1) is 0 Å². The van der Waals surface area contributed by atoms with E-state index in [1.807, 2.05) is 6.07 Å². The molecule has 1 aromatic carbocycles. The van der Waals surface area contributed by atoms with Crippen LogP contribution in [0.2, 0.25) is 0 Å². The molecule has 0 spiro atoms. The Morgan fingerprint density at radius 2 is 1.95 bits per heavy atom. The number of nitrogens with zero attached hydrogens (tertiary/aromatic N) is 3. The van der Waals surface area contributed by atoms with Crippen LogP contribution in [-0.2, 0) is 0 Å². The second kappa shape index (κ2) is 5.45. The first-order chi connectivity index (χ1) is 9.72. The van der Waals surface area contributed by atoms with Gasteiger partial charge < -0.3 is 9.64 Å². The molecule has 20 heavy (non-hydrogen) atoms. The minimum atomic E-state index is -0.268. The number of hydrogen-bond donors (Lipinski definition) is 0. The van der Waals surface area contributed by atoms with Gasteiger partial charge in [0.15, 0.2) is 0 Å². The fourth-order valence-corrected chi connectivity index (χ4v) is 2.34. The average Bonchev–Trinajstić information content (AvgIpc) is 2.96. The van der Waals surface area contributed by atoms with E-state index in [-0.39, 0.29) is 5.82 Å². The SMILES string of the molecule is Cc1cc(F)ccc1Oc1cc(N2CCCC2)ncn1. The lowest BCUT2D eigenvalue weighted by atomic mass is 10.2. The van der Waals surface area contributed by atoms with Gasteiger partial charge in [0.2, 0.25) is 5.88 Å². The van der Waals surface area contributed by atoms with Crippen molar-refractivity contribution < 1.29 is 9.13 Å². The Labute approximate surface area is 117 Å². The van der Waals surface area contributed by atoms with Crippen LogP contribution in [0.15, 0.2) is 30.6 Å². The molecule has 3 rings (SSSR count). The fourth-order valence-electron chi connectivity index (χ4n) is 2.34. The molecule has 1 aliphatic heterocycles. The molecule has 0 radical (unpaired) electrons. The lowest BCUT2D eigenvalue weighted by Crippen LogP contribution is -2.18. The van der Waals surface area contributed by atoms with Gasteiger partial charge in [0.1, 0.15) is 23.7 Å². The quantitative estimate of drug-likeness (QED) is 0.860. The van der Waals surface area contributed by atoms with E-state index in [0.29, 0.717) is 11.6 Å². The van der Waals surface area contributed by atoms with Gasteiger partial charge in [0.25, 0.3) is 0 Å². The summed E-state index contributed by atoms with van der Waals surface area (Å²) in [6.45, 7) is 3.85. The smallest absolute Gasteiger partial charge is 0.224 e. The summed E-state index contributed by atoms with van der Waals surface area (Å²) in [4.78, 5) is 10.6. The van der Waals surface area contributed by atoms with Gasteiger partial charge in [-0.05, 0) is 43.5 Å². The first-order valence-corrected chi connectivity index (χ1v) is 6.73. The number of rotatable bonds is 3. The summed E-state index contributed by atoms with van der Waals surface area (Å²) in [5, 5.41) is 0. The average molecular weight is 273 g/mol. The third-order valence-corrected chi connectivity index (χ3v) is 3.41. The van der Waals surface area contributed by atoms with Crippen molar-refractivity contribution >= 4 is 5.82 Å². The lowest BCUT2D eigenvalue weighted by molar-refractivity contribution is 0.456. The van der Waals surface area contributed by atoms with Crippen molar-refractivity contribution in [2.75, 3.05) is 18.0 Å². The summed E-state index contributed by atoms with van der Waals surface area (Å²) >= 11 is 0. The Hall–Kier alpha value is -2.17. The molecule has 0 saturated carbocycles. The zero-order valence-corrected chi connectivity index (χ0v) is 11.3. The number of ether oxygens (including phenoxy) is 1. The van der Waals surface area contributed by atoms with E-state index in [0.717, 1.165) is 24.5 Å². The molecule has 0 aliphatic carbocycles. The van der Waals surface area contributed by atoms with Crippen LogP contribution in [-0.4, -0.2) is 23.1 Å². The van der Waals surface area contributed by atoms with Crippen molar-refractivity contribution in [1.82, 2.24) is 9.97 Å². The molecule has 1 aliphatic rings. The normalized spacial score (nSPS) is 14.6. The van der Waals surface area contributed by atoms with Crippen LogP contribution < -0.4 is 9.64 Å². The number of halogens is 1. The number of hydrogen-bond acceptors (Lipinski definition) is 4. The highest BCUT2D eigenvalue weighted by Gasteiger charge is 2.14. The van der Waals surface area contributed by atoms with E-state index in [4.69, 9.17) is 4.74 Å². The maximum atomic E-state index is 13.1. The highest BCUT2D eigenvalue weighted by Crippen LogP contribution is 2.26. The van der Waals surface area contributed by atoms with Gasteiger partial charge in [0, 0.05) is 19.2 Å². The Kier molecular flexibility index (Phi) is 3.50. The van der Waals surface area contributed by atoms with E-state index in [9.17, 15) is 4.39 Å². The van der Waals surface area contributed by atoms with Crippen molar-refractivity contribution in [3.63, 3.8) is 0 Å². The zero-order valence-electron chi connectivity index (χ0n) is 11.3. The molecule has 0 atom stereocenters. The van der Waals surface area contributed by atoms with Crippen LogP contribution in [0.4, 0.5) is 10.2 Å². The Morgan fingerprint density at radius 3 is 2.70 bits per heavy atom. The molecule has 0 amide bonds. The highest BCUT2D eigenvalue weighted by atomic mass is 19.1. The van der Waals surface area contributed by atoms with E-state index >= 15 is 0 Å². The van der Waals surface area contributed by atoms with Crippen LogP contribution >= 0.6 is 0 Å². The summed E-state index contributed by atoms with van der Waals surface area (Å²) in [5.41, 5.74) is 0.742. The predicted molar refractivity (Wildman–Crippen MR) is 74.7 cm³/mol. The Balaban J connectivity index is 1.81. The van der Waals surface area contributed by atoms with E-state index in [1.54, 1.807) is 13.0 Å². The molecule has 1 fully saturated rings. The van der Waals surface area contributed by atoms with E-state index in [2.05, 4.69) is 14.9 Å². The summed E-state index contributed by atoms with van der Waals surface area (Å²) in [6.07, 6.45) is 3.89. The minimum absolute atomic E-state index is 0.268. The molecular formula is C15H16FN3O. The largest absolute Gasteiger partial charge is 0.439 e. The first-order valence-electron chi connectivity index (χ1n) is 6.73. The molecule has 5 heteroatoms. The van der Waals surface area contributed by atoms with Gasteiger partial charge in [0.05, 0.1) is 0 Å². The van der Waals surface area contributed by atoms with Crippen LogP contribution in [0, 0.1) is 12.7 Å². The molecule has 0 unspecified atom stereocenters. The van der Waals surface area contributed by atoms with Gasteiger partial charge in [-0.1, -0.05) is 0 Å². The number of aryl methyl sites for hydroxylation is 1. The van der Waals surface area contributed by atoms with Crippen molar-refractivity contribution in [3.05, 3.63) is 42.0 Å². The van der Waals surface area contributed by atoms with Crippen molar-refractivity contribution in [3.8, 4) is 11.6 Å². The fraction of sp³-hybridized carbons (Fsp3) is 0.333. The second-order valence-corrected chi connectivity index (χ2v) is 4.92. The van der Waals surface area contributed by atoms with Crippen molar-refractivity contribution in [2.45, 2.75) is 19.8 Å². The first kappa shape index (κ1) is 12.8. The predicted octanol–water partition coefficient (Wildman–Crippen LogP) is 3.32. The Bertz CT molecular complexity index is 612. The third kappa shape index (κ3) is 2.71. The maximum absolute atomic E-state index is 13.1. The van der Waals surface area contributed by atoms with Crippen LogP contribution in [0.1, 0.15) is 18.4 Å². The van der Waals surface area contributed by atoms with Crippen molar-refractivity contribution in [2.24, 2.45) is 0 Å². The monoisotopic (exact) mass is 273 g/mol. The molecule has 2 aromatic rings.